The van der Waals surface area contributed by atoms with Gasteiger partial charge in [-0.15, -0.1) is 0 Å². The standard InChI is InChI=1S/C13H17N/c1-4-11-6-8-13-12(9-11)7-5-10(2)14(13)3/h5-9,13H,4H2,1-3H3. The number of hydrogen-bond acceptors (Lipinski definition) is 1. The largest absolute Gasteiger partial charge is 0.368 e. The van der Waals surface area contributed by atoms with Gasteiger partial charge in [0.1, 0.15) is 0 Å². The molecule has 0 amide bonds. The molecule has 74 valence electrons. The molecule has 0 saturated carbocycles. The quantitative estimate of drug-likeness (QED) is 0.610. The highest BCUT2D eigenvalue weighted by Crippen LogP contribution is 2.27. The average molecular weight is 187 g/mol. The first-order valence-electron chi connectivity index (χ1n) is 5.22. The van der Waals surface area contributed by atoms with Gasteiger partial charge < -0.3 is 4.90 Å². The third kappa shape index (κ3) is 1.43. The van der Waals surface area contributed by atoms with Crippen LogP contribution >= 0.6 is 0 Å². The third-order valence-corrected chi connectivity index (χ3v) is 3.09. The Morgan fingerprint density at radius 2 is 2.14 bits per heavy atom. The van der Waals surface area contributed by atoms with E-state index in [1.54, 1.807) is 0 Å². The highest BCUT2D eigenvalue weighted by molar-refractivity contribution is 5.46. The van der Waals surface area contributed by atoms with E-state index in [1.807, 2.05) is 0 Å². The van der Waals surface area contributed by atoms with Crippen molar-refractivity contribution >= 4 is 0 Å². The molecular weight excluding hydrogens is 170 g/mol. The molecule has 0 N–H and O–H groups in total. The number of rotatable bonds is 1. The Morgan fingerprint density at radius 3 is 2.86 bits per heavy atom. The van der Waals surface area contributed by atoms with E-state index in [9.17, 15) is 0 Å². The highest BCUT2D eigenvalue weighted by Gasteiger charge is 2.20. The van der Waals surface area contributed by atoms with Crippen LogP contribution in [0.2, 0.25) is 0 Å². The minimum absolute atomic E-state index is 0.454. The van der Waals surface area contributed by atoms with Crippen molar-refractivity contribution < 1.29 is 0 Å². The van der Waals surface area contributed by atoms with E-state index in [1.165, 1.54) is 16.8 Å². The topological polar surface area (TPSA) is 3.24 Å². The molecule has 1 heteroatoms. The first kappa shape index (κ1) is 9.32. The van der Waals surface area contributed by atoms with E-state index in [2.05, 4.69) is 56.2 Å². The molecule has 2 rings (SSSR count). The Labute approximate surface area is 86.1 Å². The molecule has 1 nitrogen and oxygen atoms in total. The Bertz CT molecular complexity index is 355. The molecule has 0 bridgehead atoms. The van der Waals surface area contributed by atoms with E-state index in [0.717, 1.165) is 6.42 Å². The molecule has 2 aliphatic rings. The molecule has 0 radical (unpaired) electrons. The summed E-state index contributed by atoms with van der Waals surface area (Å²) >= 11 is 0. The number of likely N-dealkylation sites (N-methyl/N-ethyl adjacent to an activating group) is 1. The summed E-state index contributed by atoms with van der Waals surface area (Å²) in [5.41, 5.74) is 4.17. The van der Waals surface area contributed by atoms with Gasteiger partial charge in [-0.25, -0.2) is 0 Å². The lowest BCUT2D eigenvalue weighted by Gasteiger charge is -2.34. The minimum atomic E-state index is 0.454. The lowest BCUT2D eigenvalue weighted by molar-refractivity contribution is 0.385. The molecule has 0 spiro atoms. The SMILES string of the molecule is CCC1=CC2=CC=C(C)N(C)C2C=C1. The van der Waals surface area contributed by atoms with E-state index in [4.69, 9.17) is 0 Å². The molecule has 1 heterocycles. The van der Waals surface area contributed by atoms with Crippen LogP contribution in [0.5, 0.6) is 0 Å². The van der Waals surface area contributed by atoms with Crippen molar-refractivity contribution in [2.45, 2.75) is 26.3 Å². The van der Waals surface area contributed by atoms with Gasteiger partial charge in [0.25, 0.3) is 0 Å². The van der Waals surface area contributed by atoms with Crippen LogP contribution in [0, 0.1) is 0 Å². The monoisotopic (exact) mass is 187 g/mol. The fourth-order valence-corrected chi connectivity index (χ4v) is 1.95. The van der Waals surface area contributed by atoms with Gasteiger partial charge >= 0.3 is 0 Å². The van der Waals surface area contributed by atoms with Crippen molar-refractivity contribution in [3.05, 3.63) is 47.2 Å². The van der Waals surface area contributed by atoms with Crippen molar-refractivity contribution in [1.82, 2.24) is 4.90 Å². The summed E-state index contributed by atoms with van der Waals surface area (Å²) in [5, 5.41) is 0. The van der Waals surface area contributed by atoms with E-state index in [0.29, 0.717) is 6.04 Å². The average Bonchev–Trinajstić information content (AvgIpc) is 2.23. The molecular formula is C13H17N. The lowest BCUT2D eigenvalue weighted by atomic mass is 9.92. The fourth-order valence-electron chi connectivity index (χ4n) is 1.95. The van der Waals surface area contributed by atoms with Crippen molar-refractivity contribution in [1.29, 1.82) is 0 Å². The van der Waals surface area contributed by atoms with Crippen LogP contribution in [0.3, 0.4) is 0 Å². The van der Waals surface area contributed by atoms with Crippen LogP contribution < -0.4 is 0 Å². The summed E-state index contributed by atoms with van der Waals surface area (Å²) in [7, 11) is 2.15. The molecule has 0 saturated heterocycles. The predicted molar refractivity (Wildman–Crippen MR) is 60.9 cm³/mol. The van der Waals surface area contributed by atoms with Gasteiger partial charge in [-0.3, -0.25) is 0 Å². The smallest absolute Gasteiger partial charge is 0.0723 e. The fraction of sp³-hybridized carbons (Fsp3) is 0.385. The van der Waals surface area contributed by atoms with Crippen LogP contribution in [-0.2, 0) is 0 Å². The zero-order valence-corrected chi connectivity index (χ0v) is 9.12. The summed E-state index contributed by atoms with van der Waals surface area (Å²) in [5.74, 6) is 0. The summed E-state index contributed by atoms with van der Waals surface area (Å²) in [6.45, 7) is 4.35. The lowest BCUT2D eigenvalue weighted by Crippen LogP contribution is -2.32. The minimum Gasteiger partial charge on any atom is -0.368 e. The van der Waals surface area contributed by atoms with Crippen LogP contribution in [0.15, 0.2) is 47.2 Å². The molecule has 0 aromatic rings. The van der Waals surface area contributed by atoms with Crippen LogP contribution in [0.25, 0.3) is 0 Å². The summed E-state index contributed by atoms with van der Waals surface area (Å²) < 4.78 is 0. The van der Waals surface area contributed by atoms with Crippen LogP contribution in [0.4, 0.5) is 0 Å². The zero-order chi connectivity index (χ0) is 10.1. The maximum Gasteiger partial charge on any atom is 0.0723 e. The van der Waals surface area contributed by atoms with Crippen LogP contribution in [0.1, 0.15) is 20.3 Å². The van der Waals surface area contributed by atoms with E-state index in [-0.39, 0.29) is 0 Å². The van der Waals surface area contributed by atoms with Gasteiger partial charge in [0.15, 0.2) is 0 Å². The van der Waals surface area contributed by atoms with Crippen molar-refractivity contribution in [2.24, 2.45) is 0 Å². The van der Waals surface area contributed by atoms with Crippen molar-refractivity contribution in [3.8, 4) is 0 Å². The van der Waals surface area contributed by atoms with Crippen molar-refractivity contribution in [3.63, 3.8) is 0 Å². The number of hydrogen-bond donors (Lipinski definition) is 0. The van der Waals surface area contributed by atoms with Gasteiger partial charge in [0.05, 0.1) is 6.04 Å². The predicted octanol–water partition coefficient (Wildman–Crippen LogP) is 3.04. The maximum absolute atomic E-state index is 2.31. The number of allylic oxidation sites excluding steroid dienone is 5. The maximum atomic E-state index is 2.31. The second kappa shape index (κ2) is 3.49. The normalized spacial score (nSPS) is 25.2. The second-order valence-electron chi connectivity index (χ2n) is 3.96. The molecule has 0 fully saturated rings. The Hall–Kier alpha value is -1.24. The summed E-state index contributed by atoms with van der Waals surface area (Å²) in [6.07, 6.45) is 12.4. The van der Waals surface area contributed by atoms with Gasteiger partial charge in [-0.05, 0) is 30.6 Å². The first-order valence-corrected chi connectivity index (χ1v) is 5.22. The first-order chi connectivity index (χ1) is 6.72. The molecule has 14 heavy (non-hydrogen) atoms. The number of nitrogens with zero attached hydrogens (tertiary/aromatic N) is 1. The van der Waals surface area contributed by atoms with Crippen LogP contribution in [-0.4, -0.2) is 18.0 Å². The van der Waals surface area contributed by atoms with Gasteiger partial charge in [-0.1, -0.05) is 31.2 Å². The molecule has 1 atom stereocenters. The Kier molecular flexibility index (Phi) is 2.32. The van der Waals surface area contributed by atoms with Crippen molar-refractivity contribution in [2.75, 3.05) is 7.05 Å². The van der Waals surface area contributed by atoms with Gasteiger partial charge in [-0.2, -0.15) is 0 Å². The third-order valence-electron chi connectivity index (χ3n) is 3.09. The van der Waals surface area contributed by atoms with Gasteiger partial charge in [0.2, 0.25) is 0 Å². The van der Waals surface area contributed by atoms with E-state index >= 15 is 0 Å². The Morgan fingerprint density at radius 1 is 1.36 bits per heavy atom. The molecule has 1 aliphatic heterocycles. The molecule has 1 unspecified atom stereocenters. The second-order valence-corrected chi connectivity index (χ2v) is 3.96. The zero-order valence-electron chi connectivity index (χ0n) is 9.12. The highest BCUT2D eigenvalue weighted by atomic mass is 15.1. The summed E-state index contributed by atoms with van der Waals surface area (Å²) in [4.78, 5) is 2.31. The number of fused-ring (bicyclic) bond motifs is 1. The molecule has 0 aromatic carbocycles. The summed E-state index contributed by atoms with van der Waals surface area (Å²) in [6, 6.07) is 0.454. The Balaban J connectivity index is 2.34. The molecule has 1 aliphatic carbocycles. The molecule has 0 aromatic heterocycles. The van der Waals surface area contributed by atoms with Gasteiger partial charge in [0, 0.05) is 12.7 Å². The van der Waals surface area contributed by atoms with E-state index < -0.39 is 0 Å².